The van der Waals surface area contributed by atoms with Crippen LogP contribution in [0.15, 0.2) is 60.7 Å². The van der Waals surface area contributed by atoms with Gasteiger partial charge in [-0.25, -0.2) is 4.79 Å². The molecule has 2 amide bonds. The number of anilines is 1. The summed E-state index contributed by atoms with van der Waals surface area (Å²) in [5.74, 6) is 0. The van der Waals surface area contributed by atoms with Crippen molar-refractivity contribution >= 4 is 23.0 Å². The minimum absolute atomic E-state index is 0.279. The van der Waals surface area contributed by atoms with Gasteiger partial charge in [0, 0.05) is 17.9 Å². The van der Waals surface area contributed by atoms with Crippen molar-refractivity contribution in [3.8, 4) is 0 Å². The zero-order valence-electron chi connectivity index (χ0n) is 16.1. The van der Waals surface area contributed by atoms with Gasteiger partial charge >= 0.3 is 12.2 Å². The van der Waals surface area contributed by atoms with E-state index in [1.54, 1.807) is 0 Å². The first-order valence-corrected chi connectivity index (χ1v) is 9.35. The Morgan fingerprint density at radius 2 is 1.72 bits per heavy atom. The van der Waals surface area contributed by atoms with E-state index in [4.69, 9.17) is 5.41 Å². The van der Waals surface area contributed by atoms with Crippen molar-refractivity contribution in [2.45, 2.75) is 32.4 Å². The van der Waals surface area contributed by atoms with Crippen LogP contribution in [0, 0.1) is 5.41 Å². The lowest BCUT2D eigenvalue weighted by Crippen LogP contribution is -2.29. The molecule has 29 heavy (non-hydrogen) atoms. The first-order valence-electron chi connectivity index (χ1n) is 9.35. The number of halogens is 3. The van der Waals surface area contributed by atoms with Crippen LogP contribution in [-0.2, 0) is 6.18 Å². The lowest BCUT2D eigenvalue weighted by Gasteiger charge is -2.10. The van der Waals surface area contributed by atoms with Gasteiger partial charge < -0.3 is 16.0 Å². The highest BCUT2D eigenvalue weighted by Gasteiger charge is 2.29. The van der Waals surface area contributed by atoms with Crippen molar-refractivity contribution in [1.82, 2.24) is 5.32 Å². The van der Waals surface area contributed by atoms with Gasteiger partial charge in [-0.3, -0.25) is 0 Å². The van der Waals surface area contributed by atoms with Crippen molar-refractivity contribution in [3.05, 3.63) is 71.8 Å². The second-order valence-electron chi connectivity index (χ2n) is 6.47. The number of carbonyl (C=O) groups is 1. The zero-order valence-corrected chi connectivity index (χ0v) is 16.1. The summed E-state index contributed by atoms with van der Waals surface area (Å²) in [5, 5.41) is 13.2. The Morgan fingerprint density at radius 3 is 2.31 bits per heavy atom. The molecule has 0 aliphatic rings. The molecule has 0 saturated carbocycles. The van der Waals surface area contributed by atoms with E-state index in [9.17, 15) is 18.0 Å². The number of carbonyl (C=O) groups excluding carboxylic acids is 1. The van der Waals surface area contributed by atoms with E-state index in [2.05, 4.69) is 10.6 Å². The molecule has 2 aromatic rings. The van der Waals surface area contributed by atoms with Crippen LogP contribution in [0.3, 0.4) is 0 Å². The van der Waals surface area contributed by atoms with Crippen LogP contribution in [-0.4, -0.2) is 18.3 Å². The third-order valence-electron chi connectivity index (χ3n) is 4.25. The molecule has 0 spiro atoms. The molecule has 0 atom stereocenters. The molecule has 0 aromatic heterocycles. The van der Waals surface area contributed by atoms with Crippen LogP contribution >= 0.6 is 0 Å². The maximum Gasteiger partial charge on any atom is 0.416 e. The van der Waals surface area contributed by atoms with Crippen LogP contribution in [0.4, 0.5) is 23.7 Å². The van der Waals surface area contributed by atoms with Gasteiger partial charge in [0.2, 0.25) is 0 Å². The summed E-state index contributed by atoms with van der Waals surface area (Å²) in [6.45, 7) is 2.40. The van der Waals surface area contributed by atoms with Crippen molar-refractivity contribution in [3.63, 3.8) is 0 Å². The number of amides is 2. The van der Waals surface area contributed by atoms with Gasteiger partial charge in [0.1, 0.15) is 0 Å². The highest BCUT2D eigenvalue weighted by molar-refractivity contribution is 5.98. The molecule has 154 valence electrons. The summed E-state index contributed by atoms with van der Waals surface area (Å²) in [7, 11) is 0. The third kappa shape index (κ3) is 7.44. The molecule has 0 radical (unpaired) electrons. The first-order chi connectivity index (χ1) is 13.8. The smallest absolute Gasteiger partial charge is 0.338 e. The SMILES string of the molecule is CC/C(=C\C(=N)CCCNC(=O)Nc1ccc(C(F)(F)F)cc1)c1ccccc1. The number of hydrogen-bond donors (Lipinski definition) is 3. The van der Waals surface area contributed by atoms with E-state index in [0.29, 0.717) is 25.1 Å². The molecular formula is C22H24F3N3O. The standard InChI is InChI=1S/C22H24F3N3O/c1-2-16(17-7-4-3-5-8-17)15-19(26)9-6-14-27-21(29)28-20-12-10-18(11-13-20)22(23,24)25/h3-5,7-8,10-13,15,26H,2,6,9,14H2,1H3,(H2,27,28,29)/b16-15+,26-19?. The largest absolute Gasteiger partial charge is 0.416 e. The Labute approximate surface area is 168 Å². The highest BCUT2D eigenvalue weighted by atomic mass is 19.4. The molecule has 0 fully saturated rings. The molecule has 0 aliphatic carbocycles. The predicted molar refractivity (Wildman–Crippen MR) is 110 cm³/mol. The van der Waals surface area contributed by atoms with Crippen molar-refractivity contribution in [2.75, 3.05) is 11.9 Å². The van der Waals surface area contributed by atoms with E-state index in [1.807, 2.05) is 43.3 Å². The van der Waals surface area contributed by atoms with Crippen LogP contribution < -0.4 is 10.6 Å². The first kappa shape index (κ1) is 22.2. The Kier molecular flexibility index (Phi) is 8.00. The fourth-order valence-corrected chi connectivity index (χ4v) is 2.72. The van der Waals surface area contributed by atoms with Gasteiger partial charge in [-0.15, -0.1) is 0 Å². The van der Waals surface area contributed by atoms with Gasteiger partial charge in [-0.05, 0) is 60.7 Å². The molecule has 3 N–H and O–H groups in total. The summed E-state index contributed by atoms with van der Waals surface area (Å²) in [4.78, 5) is 11.8. The van der Waals surface area contributed by atoms with E-state index >= 15 is 0 Å². The van der Waals surface area contributed by atoms with E-state index < -0.39 is 17.8 Å². The molecule has 0 unspecified atom stereocenters. The summed E-state index contributed by atoms with van der Waals surface area (Å²) >= 11 is 0. The number of hydrogen-bond acceptors (Lipinski definition) is 2. The number of benzene rings is 2. The van der Waals surface area contributed by atoms with E-state index in [0.717, 1.165) is 29.7 Å². The summed E-state index contributed by atoms with van der Waals surface area (Å²) in [5.41, 5.74) is 2.17. The van der Waals surface area contributed by atoms with Crippen molar-refractivity contribution in [2.24, 2.45) is 0 Å². The summed E-state index contributed by atoms with van der Waals surface area (Å²) in [6.07, 6.45) is -0.631. The van der Waals surface area contributed by atoms with Gasteiger partial charge in [-0.1, -0.05) is 37.3 Å². The average Bonchev–Trinajstić information content (AvgIpc) is 2.70. The van der Waals surface area contributed by atoms with Gasteiger partial charge in [-0.2, -0.15) is 13.2 Å². The number of rotatable bonds is 8. The van der Waals surface area contributed by atoms with Crippen LogP contribution in [0.1, 0.15) is 37.3 Å². The summed E-state index contributed by atoms with van der Waals surface area (Å²) in [6, 6.07) is 13.6. The van der Waals surface area contributed by atoms with Gasteiger partial charge in [0.05, 0.1) is 5.56 Å². The fourth-order valence-electron chi connectivity index (χ4n) is 2.72. The van der Waals surface area contributed by atoms with Crippen molar-refractivity contribution in [1.29, 1.82) is 5.41 Å². The monoisotopic (exact) mass is 403 g/mol. The second-order valence-corrected chi connectivity index (χ2v) is 6.47. The Morgan fingerprint density at radius 1 is 1.07 bits per heavy atom. The predicted octanol–water partition coefficient (Wildman–Crippen LogP) is 6.12. The number of urea groups is 1. The molecule has 0 saturated heterocycles. The van der Waals surface area contributed by atoms with Crippen molar-refractivity contribution < 1.29 is 18.0 Å². The van der Waals surface area contributed by atoms with E-state index in [1.165, 1.54) is 12.1 Å². The molecular weight excluding hydrogens is 379 g/mol. The Bertz CT molecular complexity index is 844. The third-order valence-corrected chi connectivity index (χ3v) is 4.25. The lowest BCUT2D eigenvalue weighted by molar-refractivity contribution is -0.137. The minimum atomic E-state index is -4.40. The lowest BCUT2D eigenvalue weighted by atomic mass is 10.0. The molecule has 7 heteroatoms. The van der Waals surface area contributed by atoms with Crippen LogP contribution in [0.2, 0.25) is 0 Å². The normalized spacial score (nSPS) is 11.8. The number of alkyl halides is 3. The fraction of sp³-hybridized carbons (Fsp3) is 0.273. The van der Waals surface area contributed by atoms with E-state index in [-0.39, 0.29) is 5.69 Å². The molecule has 2 aromatic carbocycles. The molecule has 0 heterocycles. The Balaban J connectivity index is 1.75. The number of nitrogens with one attached hydrogen (secondary N) is 3. The minimum Gasteiger partial charge on any atom is -0.338 e. The molecule has 2 rings (SSSR count). The zero-order chi connectivity index (χ0) is 21.3. The van der Waals surface area contributed by atoms with Crippen LogP contribution in [0.25, 0.3) is 5.57 Å². The second kappa shape index (κ2) is 10.5. The number of allylic oxidation sites excluding steroid dienone is 2. The highest BCUT2D eigenvalue weighted by Crippen LogP contribution is 2.29. The topological polar surface area (TPSA) is 65.0 Å². The molecule has 0 bridgehead atoms. The molecule has 4 nitrogen and oxygen atoms in total. The quantitative estimate of drug-likeness (QED) is 0.361. The maximum absolute atomic E-state index is 12.5. The molecule has 0 aliphatic heterocycles. The Hall–Kier alpha value is -3.09. The summed E-state index contributed by atoms with van der Waals surface area (Å²) < 4.78 is 37.6. The van der Waals surface area contributed by atoms with Crippen LogP contribution in [0.5, 0.6) is 0 Å². The van der Waals surface area contributed by atoms with Gasteiger partial charge in [0.25, 0.3) is 0 Å². The van der Waals surface area contributed by atoms with Gasteiger partial charge in [0.15, 0.2) is 0 Å². The average molecular weight is 403 g/mol. The maximum atomic E-state index is 12.5.